The normalized spacial score (nSPS) is 25.2. The number of rotatable bonds is 5. The maximum absolute atomic E-state index is 14.0. The van der Waals surface area contributed by atoms with Crippen LogP contribution in [0.1, 0.15) is 41.6 Å². The van der Waals surface area contributed by atoms with E-state index in [1.807, 2.05) is 6.07 Å². The fourth-order valence-electron chi connectivity index (χ4n) is 4.60. The number of ether oxygens (including phenoxy) is 1. The van der Waals surface area contributed by atoms with E-state index in [9.17, 15) is 9.18 Å². The van der Waals surface area contributed by atoms with Gasteiger partial charge in [-0.25, -0.2) is 4.39 Å². The van der Waals surface area contributed by atoms with Gasteiger partial charge in [0.2, 0.25) is 0 Å². The Morgan fingerprint density at radius 2 is 1.81 bits per heavy atom. The van der Waals surface area contributed by atoms with E-state index in [-0.39, 0.29) is 17.5 Å². The van der Waals surface area contributed by atoms with E-state index in [0.29, 0.717) is 17.6 Å². The van der Waals surface area contributed by atoms with Gasteiger partial charge < -0.3 is 4.74 Å². The van der Waals surface area contributed by atoms with Gasteiger partial charge in [-0.1, -0.05) is 30.3 Å². The summed E-state index contributed by atoms with van der Waals surface area (Å²) >= 11 is 0. The Morgan fingerprint density at radius 3 is 2.42 bits per heavy atom. The Balaban J connectivity index is 1.46. The van der Waals surface area contributed by atoms with Gasteiger partial charge in [0.05, 0.1) is 7.11 Å². The fraction of sp³-hybridized carbons (Fsp3) is 0.409. The number of methoxy groups -OCH3 is 1. The van der Waals surface area contributed by atoms with Crippen molar-refractivity contribution in [3.05, 3.63) is 65.5 Å². The van der Waals surface area contributed by atoms with Crippen LogP contribution in [0.4, 0.5) is 4.39 Å². The molecule has 0 N–H and O–H groups in total. The summed E-state index contributed by atoms with van der Waals surface area (Å²) in [6, 6.07) is 16.0. The summed E-state index contributed by atoms with van der Waals surface area (Å²) in [5.74, 6) is -0.225. The van der Waals surface area contributed by atoms with Crippen LogP contribution < -0.4 is 4.74 Å². The third-order valence-electron chi connectivity index (χ3n) is 5.90. The molecule has 26 heavy (non-hydrogen) atoms. The van der Waals surface area contributed by atoms with Crippen molar-refractivity contribution in [1.29, 1.82) is 0 Å². The summed E-state index contributed by atoms with van der Waals surface area (Å²) in [6.45, 7) is 0.953. The van der Waals surface area contributed by atoms with Gasteiger partial charge in [0.15, 0.2) is 17.3 Å². The summed E-state index contributed by atoms with van der Waals surface area (Å²) in [6.07, 6.45) is 4.04. The van der Waals surface area contributed by atoms with Crippen LogP contribution in [0.5, 0.6) is 5.75 Å². The van der Waals surface area contributed by atoms with Crippen LogP contribution in [-0.2, 0) is 6.54 Å². The van der Waals surface area contributed by atoms with Crippen LogP contribution in [-0.4, -0.2) is 29.9 Å². The van der Waals surface area contributed by atoms with Gasteiger partial charge >= 0.3 is 0 Å². The van der Waals surface area contributed by atoms with Crippen molar-refractivity contribution in [2.45, 2.75) is 44.3 Å². The van der Waals surface area contributed by atoms with Gasteiger partial charge in [-0.2, -0.15) is 0 Å². The van der Waals surface area contributed by atoms with E-state index in [1.165, 1.54) is 18.7 Å². The first-order chi connectivity index (χ1) is 12.7. The molecule has 2 atom stereocenters. The van der Waals surface area contributed by atoms with E-state index in [4.69, 9.17) is 4.74 Å². The van der Waals surface area contributed by atoms with E-state index in [1.54, 1.807) is 12.1 Å². The Bertz CT molecular complexity index is 778. The largest absolute Gasteiger partial charge is 0.494 e. The number of halogens is 1. The Kier molecular flexibility index (Phi) is 4.77. The molecule has 2 saturated heterocycles. The van der Waals surface area contributed by atoms with Crippen LogP contribution in [0.25, 0.3) is 0 Å². The number of hydrogen-bond acceptors (Lipinski definition) is 3. The molecule has 136 valence electrons. The number of nitrogens with zero attached hydrogens (tertiary/aromatic N) is 1. The molecule has 0 aromatic heterocycles. The number of hydrogen-bond donors (Lipinski definition) is 0. The molecule has 2 heterocycles. The zero-order valence-corrected chi connectivity index (χ0v) is 15.0. The Hall–Kier alpha value is -2.20. The lowest BCUT2D eigenvalue weighted by Crippen LogP contribution is -2.44. The van der Waals surface area contributed by atoms with Gasteiger partial charge in [0.1, 0.15) is 0 Å². The molecule has 0 spiro atoms. The highest BCUT2D eigenvalue weighted by Crippen LogP contribution is 2.40. The van der Waals surface area contributed by atoms with E-state index in [0.717, 1.165) is 32.2 Å². The molecule has 0 amide bonds. The molecule has 2 aliphatic rings. The number of Topliss-reactive ketones (excluding diaryl/α,β-unsaturated/α-hetero) is 1. The first-order valence-electron chi connectivity index (χ1n) is 9.33. The highest BCUT2D eigenvalue weighted by molar-refractivity contribution is 5.98. The molecule has 2 aliphatic heterocycles. The van der Waals surface area contributed by atoms with Gasteiger partial charge in [-0.05, 0) is 49.4 Å². The third kappa shape index (κ3) is 3.26. The van der Waals surface area contributed by atoms with Crippen molar-refractivity contribution in [2.75, 3.05) is 7.11 Å². The minimum Gasteiger partial charge on any atom is -0.494 e. The third-order valence-corrected chi connectivity index (χ3v) is 5.90. The van der Waals surface area contributed by atoms with Gasteiger partial charge in [-0.3, -0.25) is 9.69 Å². The van der Waals surface area contributed by atoms with Crippen molar-refractivity contribution in [3.63, 3.8) is 0 Å². The smallest absolute Gasteiger partial charge is 0.166 e. The first kappa shape index (κ1) is 17.2. The Labute approximate surface area is 153 Å². The zero-order chi connectivity index (χ0) is 18.1. The number of ketones is 1. The average molecular weight is 353 g/mol. The molecule has 2 aromatic carbocycles. The van der Waals surface area contributed by atoms with Crippen LogP contribution in [0.2, 0.25) is 0 Å². The molecule has 0 saturated carbocycles. The van der Waals surface area contributed by atoms with Crippen molar-refractivity contribution in [3.8, 4) is 5.75 Å². The van der Waals surface area contributed by atoms with Crippen molar-refractivity contribution < 1.29 is 13.9 Å². The highest BCUT2D eigenvalue weighted by Gasteiger charge is 2.42. The number of benzene rings is 2. The lowest BCUT2D eigenvalue weighted by atomic mass is 9.84. The van der Waals surface area contributed by atoms with E-state index < -0.39 is 5.82 Å². The average Bonchev–Trinajstić information content (AvgIpc) is 2.90. The molecule has 0 aliphatic carbocycles. The molecule has 4 heteroatoms. The minimum atomic E-state index is -0.470. The molecule has 0 radical (unpaired) electrons. The topological polar surface area (TPSA) is 29.5 Å². The molecular weight excluding hydrogens is 329 g/mol. The minimum absolute atomic E-state index is 0.00711. The lowest BCUT2D eigenvalue weighted by Gasteiger charge is -2.38. The molecule has 2 bridgehead atoms. The number of carbonyl (C=O) groups excluding carboxylic acids is 1. The van der Waals surface area contributed by atoms with Crippen LogP contribution >= 0.6 is 0 Å². The van der Waals surface area contributed by atoms with E-state index in [2.05, 4.69) is 29.2 Å². The number of carbonyl (C=O) groups is 1. The van der Waals surface area contributed by atoms with Crippen molar-refractivity contribution in [2.24, 2.45) is 5.92 Å². The molecule has 2 fully saturated rings. The zero-order valence-electron chi connectivity index (χ0n) is 15.0. The van der Waals surface area contributed by atoms with Crippen molar-refractivity contribution >= 4 is 5.78 Å². The fourth-order valence-corrected chi connectivity index (χ4v) is 4.60. The summed E-state index contributed by atoms with van der Waals surface area (Å²) in [4.78, 5) is 15.5. The molecule has 3 nitrogen and oxygen atoms in total. The van der Waals surface area contributed by atoms with Crippen LogP contribution in [0.15, 0.2) is 48.5 Å². The Morgan fingerprint density at radius 1 is 1.12 bits per heavy atom. The molecule has 4 rings (SSSR count). The predicted molar refractivity (Wildman–Crippen MR) is 98.8 cm³/mol. The maximum Gasteiger partial charge on any atom is 0.166 e. The van der Waals surface area contributed by atoms with Gasteiger partial charge in [-0.15, -0.1) is 0 Å². The second-order valence-corrected chi connectivity index (χ2v) is 7.42. The van der Waals surface area contributed by atoms with Gasteiger partial charge in [0.25, 0.3) is 0 Å². The van der Waals surface area contributed by atoms with Gasteiger partial charge in [0, 0.05) is 30.1 Å². The quantitative estimate of drug-likeness (QED) is 0.743. The highest BCUT2D eigenvalue weighted by atomic mass is 19.1. The maximum atomic E-state index is 14.0. The van der Waals surface area contributed by atoms with Crippen molar-refractivity contribution in [1.82, 2.24) is 4.90 Å². The summed E-state index contributed by atoms with van der Waals surface area (Å²) in [5.41, 5.74) is 1.79. The summed E-state index contributed by atoms with van der Waals surface area (Å²) < 4.78 is 18.9. The number of fused-ring (bicyclic) bond motifs is 2. The molecule has 2 unspecified atom stereocenters. The molecular formula is C22H24FNO2. The SMILES string of the molecule is COc1ccc(C(=O)C2CC3CCC(C2)N3Cc2ccccc2)cc1F. The van der Waals surface area contributed by atoms with Crippen LogP contribution in [0, 0.1) is 11.7 Å². The lowest BCUT2D eigenvalue weighted by molar-refractivity contribution is 0.0678. The standard InChI is InChI=1S/C22H24FNO2/c1-26-21-10-7-16(13-20(21)23)22(25)17-11-18-8-9-19(12-17)24(18)14-15-5-3-2-4-6-15/h2-7,10,13,17-19H,8-9,11-12,14H2,1H3. The molecule has 2 aromatic rings. The van der Waals surface area contributed by atoms with Crippen LogP contribution in [0.3, 0.4) is 0 Å². The van der Waals surface area contributed by atoms with E-state index >= 15 is 0 Å². The summed E-state index contributed by atoms with van der Waals surface area (Å²) in [7, 11) is 1.43. The predicted octanol–water partition coefficient (Wildman–Crippen LogP) is 4.46. The monoisotopic (exact) mass is 353 g/mol. The second kappa shape index (κ2) is 7.20. The number of piperidine rings is 1. The first-order valence-corrected chi connectivity index (χ1v) is 9.33. The second-order valence-electron chi connectivity index (χ2n) is 7.42. The summed E-state index contributed by atoms with van der Waals surface area (Å²) in [5, 5.41) is 0.